The minimum Gasteiger partial charge on any atom is -0.176 e. The van der Waals surface area contributed by atoms with Crippen molar-refractivity contribution in [2.75, 3.05) is 0 Å². The van der Waals surface area contributed by atoms with Gasteiger partial charge in [-0.25, -0.2) is 0 Å². The second-order valence-electron chi connectivity index (χ2n) is 6.16. The Morgan fingerprint density at radius 2 is 0.400 bits per heavy atom. The fourth-order valence-corrected chi connectivity index (χ4v) is 4.14. The summed E-state index contributed by atoms with van der Waals surface area (Å²) >= 11 is 23.6. The monoisotopic (exact) mass is 370 g/mol. The van der Waals surface area contributed by atoms with Crippen LogP contribution in [0.4, 0.5) is 0 Å². The lowest BCUT2D eigenvalue weighted by atomic mass is 10.0. The van der Waals surface area contributed by atoms with Gasteiger partial charge in [-0.1, -0.05) is 0 Å². The van der Waals surface area contributed by atoms with Crippen LogP contribution in [-0.4, -0.2) is 26.2 Å². The number of hydrogen-bond acceptors (Lipinski definition) is 5. The van der Waals surface area contributed by atoms with Crippen LogP contribution in [0.15, 0.2) is 0 Å². The fourth-order valence-electron chi connectivity index (χ4n) is 2.65. The highest BCUT2D eigenvalue weighted by molar-refractivity contribution is 7.81. The molecule has 0 spiro atoms. The van der Waals surface area contributed by atoms with Crippen LogP contribution in [-0.2, 0) is 0 Å². The van der Waals surface area contributed by atoms with Crippen molar-refractivity contribution in [1.82, 2.24) is 0 Å². The highest BCUT2D eigenvalue weighted by atomic mass is 32.1. The van der Waals surface area contributed by atoms with Crippen molar-refractivity contribution in [1.29, 1.82) is 0 Å². The smallest absolute Gasteiger partial charge is 0.00176 e. The lowest BCUT2D eigenvalue weighted by Crippen LogP contribution is -2.09. The number of thiol groups is 5. The summed E-state index contributed by atoms with van der Waals surface area (Å²) in [6.07, 6.45) is 11.7. The maximum Gasteiger partial charge on any atom is 0.00176 e. The Balaban J connectivity index is 2.45. The van der Waals surface area contributed by atoms with Gasteiger partial charge in [-0.15, -0.1) is 0 Å². The predicted molar refractivity (Wildman–Crippen MR) is 110 cm³/mol. The summed E-state index contributed by atoms with van der Waals surface area (Å²) in [6, 6.07) is 0. The Morgan fingerprint density at radius 3 is 0.500 bits per heavy atom. The van der Waals surface area contributed by atoms with Crippen molar-refractivity contribution in [3.8, 4) is 0 Å². The zero-order chi connectivity index (χ0) is 15.0. The fraction of sp³-hybridized carbons (Fsp3) is 1.00. The van der Waals surface area contributed by atoms with Crippen LogP contribution in [0, 0.1) is 0 Å². The van der Waals surface area contributed by atoms with Crippen LogP contribution in [0.25, 0.3) is 0 Å². The predicted octanol–water partition coefficient (Wildman–Crippen LogP) is 5.39. The van der Waals surface area contributed by atoms with Crippen molar-refractivity contribution in [3.63, 3.8) is 0 Å². The Bertz CT molecular complexity index is 170. The van der Waals surface area contributed by atoms with Gasteiger partial charge in [0.25, 0.3) is 0 Å². The zero-order valence-corrected chi connectivity index (χ0v) is 16.7. The molecule has 120 valence electrons. The van der Waals surface area contributed by atoms with E-state index in [-0.39, 0.29) is 0 Å². The van der Waals surface area contributed by atoms with Gasteiger partial charge in [0.15, 0.2) is 0 Å². The summed E-state index contributed by atoms with van der Waals surface area (Å²) in [5.41, 5.74) is 0. The topological polar surface area (TPSA) is 0 Å². The van der Waals surface area contributed by atoms with Gasteiger partial charge in [-0.05, 0) is 64.2 Å². The molecular weight excluding hydrogens is 341 g/mol. The van der Waals surface area contributed by atoms with Crippen LogP contribution in [0.3, 0.4) is 0 Å². The summed E-state index contributed by atoms with van der Waals surface area (Å²) in [5.74, 6) is 0. The molecule has 1 aliphatic rings. The lowest BCUT2D eigenvalue weighted by molar-refractivity contribution is 0.576. The molecule has 0 aromatic carbocycles. The molecule has 0 atom stereocenters. The zero-order valence-electron chi connectivity index (χ0n) is 12.2. The second kappa shape index (κ2) is 11.3. The van der Waals surface area contributed by atoms with E-state index in [0.29, 0.717) is 26.2 Å². The molecule has 1 saturated carbocycles. The van der Waals surface area contributed by atoms with E-state index in [2.05, 4.69) is 0 Å². The van der Waals surface area contributed by atoms with E-state index in [9.17, 15) is 0 Å². The standard InChI is InChI=1S/C15H30S5/c16-11-1-2-12(17)5-6-14(19)9-10-15(20)8-7-13(18)4-3-11/h11-20H,1-10H2. The largest absolute Gasteiger partial charge is 0.176 e. The van der Waals surface area contributed by atoms with Gasteiger partial charge in [0.2, 0.25) is 0 Å². The van der Waals surface area contributed by atoms with Gasteiger partial charge in [0, 0.05) is 26.2 Å². The molecule has 0 aliphatic heterocycles. The van der Waals surface area contributed by atoms with Gasteiger partial charge >= 0.3 is 0 Å². The molecule has 5 heteroatoms. The van der Waals surface area contributed by atoms with Crippen molar-refractivity contribution in [3.05, 3.63) is 0 Å². The van der Waals surface area contributed by atoms with Crippen molar-refractivity contribution in [2.24, 2.45) is 0 Å². The Hall–Kier alpha value is 1.75. The molecule has 1 fully saturated rings. The Kier molecular flexibility index (Phi) is 11.2. The van der Waals surface area contributed by atoms with Gasteiger partial charge in [-0.3, -0.25) is 0 Å². The first-order valence-corrected chi connectivity index (χ1v) is 10.5. The van der Waals surface area contributed by atoms with E-state index >= 15 is 0 Å². The summed E-state index contributed by atoms with van der Waals surface area (Å²) < 4.78 is 0. The summed E-state index contributed by atoms with van der Waals surface area (Å²) in [6.45, 7) is 0. The second-order valence-corrected chi connectivity index (χ2v) is 9.81. The molecule has 20 heavy (non-hydrogen) atoms. The first-order chi connectivity index (χ1) is 9.47. The molecule has 0 saturated heterocycles. The van der Waals surface area contributed by atoms with E-state index in [1.807, 2.05) is 0 Å². The first-order valence-electron chi connectivity index (χ1n) is 7.87. The van der Waals surface area contributed by atoms with Gasteiger partial charge in [-0.2, -0.15) is 63.1 Å². The van der Waals surface area contributed by atoms with Crippen molar-refractivity contribution < 1.29 is 0 Å². The highest BCUT2D eigenvalue weighted by Gasteiger charge is 2.15. The molecule has 0 heterocycles. The van der Waals surface area contributed by atoms with Gasteiger partial charge in [0.1, 0.15) is 0 Å². The normalized spacial score (nSPS) is 39.8. The Labute approximate surface area is 153 Å². The molecule has 1 aliphatic carbocycles. The van der Waals surface area contributed by atoms with E-state index in [4.69, 9.17) is 63.1 Å². The molecule has 0 amide bonds. The van der Waals surface area contributed by atoms with Gasteiger partial charge in [0.05, 0.1) is 0 Å². The first kappa shape index (κ1) is 19.8. The third-order valence-corrected chi connectivity index (χ3v) is 6.75. The minimum absolute atomic E-state index is 0.503. The highest BCUT2D eigenvalue weighted by Crippen LogP contribution is 2.26. The molecule has 0 aromatic heterocycles. The molecule has 0 aromatic rings. The maximum atomic E-state index is 4.71. The average molecular weight is 371 g/mol. The van der Waals surface area contributed by atoms with E-state index in [0.717, 1.165) is 0 Å². The molecule has 0 N–H and O–H groups in total. The molecular formula is C15H30S5. The van der Waals surface area contributed by atoms with Crippen molar-refractivity contribution >= 4 is 63.1 Å². The molecule has 1 rings (SSSR count). The maximum absolute atomic E-state index is 4.71. The van der Waals surface area contributed by atoms with E-state index in [1.54, 1.807) is 0 Å². The Morgan fingerprint density at radius 1 is 0.300 bits per heavy atom. The lowest BCUT2D eigenvalue weighted by Gasteiger charge is -2.17. The van der Waals surface area contributed by atoms with Crippen LogP contribution >= 0.6 is 63.1 Å². The third-order valence-electron chi connectivity index (χ3n) is 4.17. The van der Waals surface area contributed by atoms with Crippen molar-refractivity contribution in [2.45, 2.75) is 90.5 Å². The van der Waals surface area contributed by atoms with E-state index in [1.165, 1.54) is 64.2 Å². The number of hydrogen-bond donors (Lipinski definition) is 5. The third kappa shape index (κ3) is 9.70. The summed E-state index contributed by atoms with van der Waals surface area (Å²) in [5, 5.41) is 2.51. The van der Waals surface area contributed by atoms with Crippen LogP contribution < -0.4 is 0 Å². The van der Waals surface area contributed by atoms with Crippen LogP contribution in [0.2, 0.25) is 0 Å². The van der Waals surface area contributed by atoms with Crippen LogP contribution in [0.1, 0.15) is 64.2 Å². The minimum atomic E-state index is 0.503. The summed E-state index contributed by atoms with van der Waals surface area (Å²) in [4.78, 5) is 0. The van der Waals surface area contributed by atoms with E-state index < -0.39 is 0 Å². The number of rotatable bonds is 0. The molecule has 0 unspecified atom stereocenters. The quantitative estimate of drug-likeness (QED) is 0.347. The SMILES string of the molecule is SC1CCC(S)CCC(S)CCC(S)CCC(S)CC1. The molecule has 0 radical (unpaired) electrons. The molecule has 0 bridgehead atoms. The summed E-state index contributed by atoms with van der Waals surface area (Å²) in [7, 11) is 0. The van der Waals surface area contributed by atoms with Crippen LogP contribution in [0.5, 0.6) is 0 Å². The average Bonchev–Trinajstić information content (AvgIpc) is 2.43. The van der Waals surface area contributed by atoms with Gasteiger partial charge < -0.3 is 0 Å². The molecule has 0 nitrogen and oxygen atoms in total.